The van der Waals surface area contributed by atoms with Gasteiger partial charge in [0.2, 0.25) is 0 Å². The van der Waals surface area contributed by atoms with Gasteiger partial charge in [-0.25, -0.2) is 4.18 Å². The molecule has 1 heterocycles. The van der Waals surface area contributed by atoms with Crippen LogP contribution in [0, 0.1) is 0 Å². The zero-order chi connectivity index (χ0) is 46.8. The summed E-state index contributed by atoms with van der Waals surface area (Å²) < 4.78 is 59.2. The van der Waals surface area contributed by atoms with E-state index in [0.717, 1.165) is 51.4 Å². The number of esters is 1. The van der Waals surface area contributed by atoms with Crippen molar-refractivity contribution < 1.29 is 56.2 Å². The zero-order valence-corrected chi connectivity index (χ0v) is 41.2. The molecule has 0 amide bonds. The third-order valence-electron chi connectivity index (χ3n) is 11.7. The summed E-state index contributed by atoms with van der Waals surface area (Å²) in [5.74, 6) is -0.406. The van der Waals surface area contributed by atoms with Gasteiger partial charge in [-0.05, 0) is 70.6 Å². The summed E-state index contributed by atoms with van der Waals surface area (Å²) in [6.07, 6.45) is 41.7. The van der Waals surface area contributed by atoms with Gasteiger partial charge in [-0.2, -0.15) is 8.42 Å². The fourth-order valence-electron chi connectivity index (χ4n) is 7.82. The van der Waals surface area contributed by atoms with Gasteiger partial charge in [-0.1, -0.05) is 179 Å². The molecule has 0 aromatic rings. The van der Waals surface area contributed by atoms with Crippen LogP contribution in [-0.2, 0) is 38.3 Å². The molecule has 376 valence electrons. The molecule has 4 N–H and O–H groups in total. The van der Waals surface area contributed by atoms with E-state index >= 15 is 0 Å². The molecule has 0 aliphatic carbocycles. The Kier molecular flexibility index (Phi) is 40.2. The molecule has 12 nitrogen and oxygen atoms in total. The van der Waals surface area contributed by atoms with Crippen molar-refractivity contribution in [2.45, 2.75) is 256 Å². The van der Waals surface area contributed by atoms with Crippen LogP contribution in [0.15, 0.2) is 36.5 Å². The number of ether oxygens (including phenoxy) is 4. The van der Waals surface area contributed by atoms with Crippen molar-refractivity contribution in [1.82, 2.24) is 0 Å². The number of carbonyl (C=O) groups excluding carboxylic acids is 1. The van der Waals surface area contributed by atoms with E-state index in [0.29, 0.717) is 13.0 Å². The fourth-order valence-corrected chi connectivity index (χ4v) is 8.32. The largest absolute Gasteiger partial charge is 0.457 e. The molecule has 1 fully saturated rings. The Morgan fingerprint density at radius 3 is 1.53 bits per heavy atom. The third-order valence-corrected chi connectivity index (χ3v) is 12.2. The predicted octanol–water partition coefficient (Wildman–Crippen LogP) is 11.7. The molecule has 1 aliphatic rings. The lowest BCUT2D eigenvalue weighted by atomic mass is 9.99. The minimum Gasteiger partial charge on any atom is -0.457 e. The van der Waals surface area contributed by atoms with E-state index in [1.165, 1.54) is 141 Å². The quantitative estimate of drug-likeness (QED) is 0.0197. The Bertz CT molecular complexity index is 1260. The first-order valence-corrected chi connectivity index (χ1v) is 27.1. The highest BCUT2D eigenvalue weighted by atomic mass is 32.3. The molecule has 1 aliphatic heterocycles. The van der Waals surface area contributed by atoms with Crippen LogP contribution in [-0.4, -0.2) is 97.5 Å². The Morgan fingerprint density at radius 2 is 1.03 bits per heavy atom. The summed E-state index contributed by atoms with van der Waals surface area (Å²) in [5.41, 5.74) is 0. The van der Waals surface area contributed by atoms with Gasteiger partial charge in [0.1, 0.15) is 30.5 Å². The van der Waals surface area contributed by atoms with Gasteiger partial charge in [0, 0.05) is 13.0 Å². The summed E-state index contributed by atoms with van der Waals surface area (Å²) >= 11 is 0. The van der Waals surface area contributed by atoms with Gasteiger partial charge in [0.25, 0.3) is 0 Å². The molecular weight excluding hydrogens is 837 g/mol. The summed E-state index contributed by atoms with van der Waals surface area (Å²) in [7, 11) is -5.07. The van der Waals surface area contributed by atoms with E-state index in [-0.39, 0.29) is 19.6 Å². The summed E-state index contributed by atoms with van der Waals surface area (Å²) in [6, 6.07) is 0. The van der Waals surface area contributed by atoms with E-state index < -0.39 is 59.8 Å². The zero-order valence-electron chi connectivity index (χ0n) is 40.3. The topological polar surface area (TPSA) is 178 Å². The van der Waals surface area contributed by atoms with Crippen LogP contribution in [0.3, 0.4) is 0 Å². The molecule has 6 unspecified atom stereocenters. The van der Waals surface area contributed by atoms with E-state index in [1.54, 1.807) is 0 Å². The second kappa shape index (κ2) is 42.7. The highest BCUT2D eigenvalue weighted by Gasteiger charge is 2.48. The van der Waals surface area contributed by atoms with Crippen LogP contribution in [0.1, 0.15) is 219 Å². The van der Waals surface area contributed by atoms with Crippen LogP contribution >= 0.6 is 0 Å². The number of hydrogen-bond acceptors (Lipinski definition) is 11. The molecule has 0 aromatic heterocycles. The van der Waals surface area contributed by atoms with Crippen molar-refractivity contribution in [2.75, 3.05) is 26.4 Å². The van der Waals surface area contributed by atoms with Crippen LogP contribution < -0.4 is 0 Å². The standard InChI is InChI=1S/C51H94O12S/c1-3-5-7-9-11-13-15-17-19-21-22-23-25-27-29-31-33-35-37-39-41-59-43-45(44-60-51-49(55)50(63-64(56,57)58)48(54)46(42-52)62-51)61-47(53)40-38-36-34-32-30-28-26-24-20-18-16-14-12-10-8-6-4-2/h12,14,17-20,45-46,48-52,54-55H,3-11,13,15-16,21-44H2,1-2H3,(H,56,57,58)/b14-12-,19-17-,20-18-. The van der Waals surface area contributed by atoms with E-state index in [9.17, 15) is 33.1 Å². The lowest BCUT2D eigenvalue weighted by Crippen LogP contribution is -2.60. The molecule has 1 rings (SSSR count). The van der Waals surface area contributed by atoms with Gasteiger partial charge in [0.05, 0.1) is 19.8 Å². The minimum absolute atomic E-state index is 0.0331. The summed E-state index contributed by atoms with van der Waals surface area (Å²) in [4.78, 5) is 12.9. The van der Waals surface area contributed by atoms with E-state index in [2.05, 4.69) is 54.5 Å². The molecule has 0 saturated carbocycles. The molecule has 64 heavy (non-hydrogen) atoms. The number of aliphatic hydroxyl groups excluding tert-OH is 3. The Hall–Kier alpha value is -1.68. The maximum absolute atomic E-state index is 12.9. The number of aliphatic hydroxyl groups is 3. The van der Waals surface area contributed by atoms with Gasteiger partial charge < -0.3 is 34.3 Å². The Morgan fingerprint density at radius 1 is 0.594 bits per heavy atom. The van der Waals surface area contributed by atoms with Crippen molar-refractivity contribution >= 4 is 16.4 Å². The van der Waals surface area contributed by atoms with Crippen molar-refractivity contribution in [3.05, 3.63) is 36.5 Å². The second-order valence-electron chi connectivity index (χ2n) is 17.8. The van der Waals surface area contributed by atoms with E-state index in [1.807, 2.05) is 0 Å². The van der Waals surface area contributed by atoms with Crippen molar-refractivity contribution in [3.8, 4) is 0 Å². The SMILES string of the molecule is CCCCC/C=C\C/C=C\CCCCCCCCCC(=O)OC(COCCCCCCCCCCCC/C=C\CCCCCCCC)COC1OC(CO)C(O)C(OS(=O)(=O)O)C1O. The first-order valence-electron chi connectivity index (χ1n) is 25.7. The first-order chi connectivity index (χ1) is 31.1. The molecule has 0 radical (unpaired) electrons. The Balaban J connectivity index is 2.36. The highest BCUT2D eigenvalue weighted by molar-refractivity contribution is 7.80. The van der Waals surface area contributed by atoms with Gasteiger partial charge >= 0.3 is 16.4 Å². The predicted molar refractivity (Wildman–Crippen MR) is 257 cm³/mol. The maximum Gasteiger partial charge on any atom is 0.397 e. The molecule has 0 spiro atoms. The number of carbonyl (C=O) groups is 1. The normalized spacial score (nSPS) is 20.0. The third kappa shape index (κ3) is 35.5. The molecule has 0 bridgehead atoms. The van der Waals surface area contributed by atoms with Gasteiger partial charge in [-0.3, -0.25) is 9.35 Å². The van der Waals surface area contributed by atoms with Crippen LogP contribution in [0.5, 0.6) is 0 Å². The van der Waals surface area contributed by atoms with E-state index in [4.69, 9.17) is 18.9 Å². The monoisotopic (exact) mass is 931 g/mol. The number of allylic oxidation sites excluding steroid dienone is 6. The number of unbranched alkanes of at least 4 members (excludes halogenated alkanes) is 26. The number of hydrogen-bond donors (Lipinski definition) is 4. The minimum atomic E-state index is -5.07. The molecular formula is C51H94O12S. The van der Waals surface area contributed by atoms with Crippen molar-refractivity contribution in [2.24, 2.45) is 0 Å². The van der Waals surface area contributed by atoms with Crippen LogP contribution in [0.4, 0.5) is 0 Å². The Labute approximate surface area is 390 Å². The van der Waals surface area contributed by atoms with Crippen molar-refractivity contribution in [1.29, 1.82) is 0 Å². The smallest absolute Gasteiger partial charge is 0.397 e. The molecule has 6 atom stereocenters. The summed E-state index contributed by atoms with van der Waals surface area (Å²) in [5, 5.41) is 30.7. The van der Waals surface area contributed by atoms with Gasteiger partial charge in [-0.15, -0.1) is 0 Å². The summed E-state index contributed by atoms with van der Waals surface area (Å²) in [6.45, 7) is 3.97. The second-order valence-corrected chi connectivity index (χ2v) is 18.8. The number of rotatable bonds is 45. The van der Waals surface area contributed by atoms with Crippen LogP contribution in [0.2, 0.25) is 0 Å². The van der Waals surface area contributed by atoms with Gasteiger partial charge in [0.15, 0.2) is 6.29 Å². The van der Waals surface area contributed by atoms with Crippen molar-refractivity contribution in [3.63, 3.8) is 0 Å². The average Bonchev–Trinajstić information content (AvgIpc) is 3.27. The lowest BCUT2D eigenvalue weighted by molar-refractivity contribution is -0.301. The fraction of sp³-hybridized carbons (Fsp3) is 0.863. The molecule has 1 saturated heterocycles. The molecule has 13 heteroatoms. The average molecular weight is 931 g/mol. The lowest BCUT2D eigenvalue weighted by Gasteiger charge is -2.41. The van der Waals surface area contributed by atoms with Crippen LogP contribution in [0.25, 0.3) is 0 Å². The maximum atomic E-state index is 12.9. The first kappa shape index (κ1) is 60.3. The molecule has 0 aromatic carbocycles. The highest BCUT2D eigenvalue weighted by Crippen LogP contribution is 2.26.